The average Bonchev–Trinajstić information content (AvgIpc) is 2.57. The number of likely N-dealkylation sites (N-methyl/N-ethyl adjacent to an activating group) is 2. The largest absolute Gasteiger partial charge is 0.492 e. The summed E-state index contributed by atoms with van der Waals surface area (Å²) in [6, 6.07) is 17.5. The number of ether oxygens (including phenoxy) is 1. The lowest BCUT2D eigenvalue weighted by atomic mass is 10.0. The van der Waals surface area contributed by atoms with E-state index in [1.807, 2.05) is 73.5 Å². The number of hydrogen-bond acceptors (Lipinski definition) is 3. The number of para-hydroxylation sites is 1. The number of hydrogen-bond donors (Lipinski definition) is 0. The van der Waals surface area contributed by atoms with E-state index in [9.17, 15) is 4.79 Å². The van der Waals surface area contributed by atoms with E-state index in [1.54, 1.807) is 19.0 Å². The molecule has 0 radical (unpaired) electrons. The van der Waals surface area contributed by atoms with Crippen LogP contribution in [-0.2, 0) is 4.79 Å². The highest BCUT2D eigenvalue weighted by Crippen LogP contribution is 2.21. The monoisotopic (exact) mass is 326 g/mol. The summed E-state index contributed by atoms with van der Waals surface area (Å²) in [5.74, 6) is 0.959. The summed E-state index contributed by atoms with van der Waals surface area (Å²) in [6.45, 7) is 3.22. The topological polar surface area (TPSA) is 32.8 Å². The zero-order valence-corrected chi connectivity index (χ0v) is 14.9. The van der Waals surface area contributed by atoms with Gasteiger partial charge in [0.05, 0.1) is 0 Å². The van der Waals surface area contributed by atoms with Crippen molar-refractivity contribution in [3.05, 3.63) is 65.7 Å². The molecule has 4 heteroatoms. The number of rotatable bonds is 7. The summed E-state index contributed by atoms with van der Waals surface area (Å²) in [5.41, 5.74) is 2.11. The van der Waals surface area contributed by atoms with Gasteiger partial charge in [0.25, 0.3) is 0 Å². The lowest BCUT2D eigenvalue weighted by Crippen LogP contribution is -2.39. The van der Waals surface area contributed by atoms with Gasteiger partial charge in [-0.2, -0.15) is 0 Å². The van der Waals surface area contributed by atoms with Gasteiger partial charge in [-0.05, 0) is 31.2 Å². The molecule has 2 rings (SSSR count). The highest BCUT2D eigenvalue weighted by atomic mass is 16.5. The standard InChI is InChI=1S/C20H26N2O2/c1-16-10-8-9-13-18(16)24-15-14-22(4)19(20(23)21(2)3)17-11-6-5-7-12-17/h5-13,19H,14-15H2,1-4H3/t19-/m0/s1. The third-order valence-electron chi connectivity index (χ3n) is 4.03. The molecule has 0 bridgehead atoms. The van der Waals surface area contributed by atoms with Crippen LogP contribution in [0.25, 0.3) is 0 Å². The van der Waals surface area contributed by atoms with Crippen molar-refractivity contribution in [2.24, 2.45) is 0 Å². The van der Waals surface area contributed by atoms with E-state index < -0.39 is 0 Å². The Hall–Kier alpha value is -2.33. The number of nitrogens with zero attached hydrogens (tertiary/aromatic N) is 2. The number of amides is 1. The quantitative estimate of drug-likeness (QED) is 0.784. The predicted octanol–water partition coefficient (Wildman–Crippen LogP) is 3.14. The van der Waals surface area contributed by atoms with Crippen molar-refractivity contribution in [2.45, 2.75) is 13.0 Å². The minimum absolute atomic E-state index is 0.0691. The molecule has 4 nitrogen and oxygen atoms in total. The van der Waals surface area contributed by atoms with Crippen molar-refractivity contribution < 1.29 is 9.53 Å². The Morgan fingerprint density at radius 2 is 1.62 bits per heavy atom. The third-order valence-corrected chi connectivity index (χ3v) is 4.03. The fourth-order valence-corrected chi connectivity index (χ4v) is 2.61. The number of carbonyl (C=O) groups is 1. The fraction of sp³-hybridized carbons (Fsp3) is 0.350. The van der Waals surface area contributed by atoms with E-state index in [0.29, 0.717) is 13.2 Å². The van der Waals surface area contributed by atoms with Crippen molar-refractivity contribution in [1.82, 2.24) is 9.80 Å². The first kappa shape index (κ1) is 18.0. The van der Waals surface area contributed by atoms with Gasteiger partial charge in [0.1, 0.15) is 18.4 Å². The summed E-state index contributed by atoms with van der Waals surface area (Å²) in [4.78, 5) is 16.3. The first-order valence-electron chi connectivity index (χ1n) is 8.15. The lowest BCUT2D eigenvalue weighted by Gasteiger charge is -2.29. The van der Waals surface area contributed by atoms with Crippen LogP contribution >= 0.6 is 0 Å². The van der Waals surface area contributed by atoms with Crippen LogP contribution in [0.4, 0.5) is 0 Å². The summed E-state index contributed by atoms with van der Waals surface area (Å²) >= 11 is 0. The molecule has 128 valence electrons. The predicted molar refractivity (Wildman–Crippen MR) is 97.2 cm³/mol. The molecule has 0 fully saturated rings. The van der Waals surface area contributed by atoms with Crippen LogP contribution < -0.4 is 4.74 Å². The Morgan fingerprint density at radius 1 is 1.00 bits per heavy atom. The molecule has 0 aliphatic heterocycles. The van der Waals surface area contributed by atoms with Gasteiger partial charge in [0.2, 0.25) is 5.91 Å². The smallest absolute Gasteiger partial charge is 0.244 e. The molecule has 1 atom stereocenters. The molecule has 0 spiro atoms. The fourth-order valence-electron chi connectivity index (χ4n) is 2.61. The Balaban J connectivity index is 2.04. The van der Waals surface area contributed by atoms with Gasteiger partial charge in [0.15, 0.2) is 0 Å². The van der Waals surface area contributed by atoms with Gasteiger partial charge in [-0.3, -0.25) is 9.69 Å². The van der Waals surface area contributed by atoms with Crippen molar-refractivity contribution in [3.8, 4) is 5.75 Å². The third kappa shape index (κ3) is 4.59. The van der Waals surface area contributed by atoms with Crippen LogP contribution in [0, 0.1) is 6.92 Å². The molecule has 24 heavy (non-hydrogen) atoms. The summed E-state index contributed by atoms with van der Waals surface area (Å²) < 4.78 is 5.87. The first-order chi connectivity index (χ1) is 11.5. The van der Waals surface area contributed by atoms with Crippen molar-refractivity contribution in [3.63, 3.8) is 0 Å². The maximum Gasteiger partial charge on any atom is 0.244 e. The first-order valence-corrected chi connectivity index (χ1v) is 8.15. The number of carbonyl (C=O) groups excluding carboxylic acids is 1. The van der Waals surface area contributed by atoms with Crippen LogP contribution in [0.5, 0.6) is 5.75 Å². The molecule has 2 aromatic carbocycles. The zero-order chi connectivity index (χ0) is 17.5. The molecule has 0 saturated carbocycles. The van der Waals surface area contributed by atoms with Crippen LogP contribution in [0.15, 0.2) is 54.6 Å². The van der Waals surface area contributed by atoms with Gasteiger partial charge in [-0.25, -0.2) is 0 Å². The van der Waals surface area contributed by atoms with E-state index >= 15 is 0 Å². The van der Waals surface area contributed by atoms with E-state index in [-0.39, 0.29) is 11.9 Å². The normalized spacial score (nSPS) is 12.0. The summed E-state index contributed by atoms with van der Waals surface area (Å²) in [6.07, 6.45) is 0. The van der Waals surface area contributed by atoms with E-state index in [1.165, 1.54) is 0 Å². The van der Waals surface area contributed by atoms with Crippen molar-refractivity contribution in [2.75, 3.05) is 34.3 Å². The second kappa shape index (κ2) is 8.50. The van der Waals surface area contributed by atoms with E-state index in [4.69, 9.17) is 4.74 Å². The van der Waals surface area contributed by atoms with Crippen molar-refractivity contribution in [1.29, 1.82) is 0 Å². The van der Waals surface area contributed by atoms with Gasteiger partial charge < -0.3 is 9.64 Å². The zero-order valence-electron chi connectivity index (χ0n) is 14.9. The molecule has 0 aliphatic carbocycles. The molecular formula is C20H26N2O2. The number of aryl methyl sites for hydroxylation is 1. The number of benzene rings is 2. The van der Waals surface area contributed by atoms with Crippen molar-refractivity contribution >= 4 is 5.91 Å². The highest BCUT2D eigenvalue weighted by Gasteiger charge is 2.26. The minimum atomic E-state index is -0.304. The Morgan fingerprint density at radius 3 is 2.25 bits per heavy atom. The van der Waals surface area contributed by atoms with Crippen LogP contribution in [-0.4, -0.2) is 50.0 Å². The molecule has 2 aromatic rings. The molecule has 0 aromatic heterocycles. The Bertz CT molecular complexity index is 656. The summed E-state index contributed by atoms with van der Waals surface area (Å²) in [7, 11) is 5.53. The van der Waals surface area contributed by atoms with E-state index in [2.05, 4.69) is 0 Å². The molecular weight excluding hydrogens is 300 g/mol. The second-order valence-corrected chi connectivity index (χ2v) is 6.14. The van der Waals surface area contributed by atoms with Gasteiger partial charge in [-0.1, -0.05) is 48.5 Å². The minimum Gasteiger partial charge on any atom is -0.492 e. The SMILES string of the molecule is Cc1ccccc1OCCN(C)[C@H](C(=O)N(C)C)c1ccccc1. The maximum absolute atomic E-state index is 12.6. The van der Waals surface area contributed by atoms with Crippen LogP contribution in [0.2, 0.25) is 0 Å². The maximum atomic E-state index is 12.6. The molecule has 0 N–H and O–H groups in total. The van der Waals surface area contributed by atoms with E-state index in [0.717, 1.165) is 16.9 Å². The average molecular weight is 326 g/mol. The van der Waals surface area contributed by atoms with Gasteiger partial charge in [0, 0.05) is 20.6 Å². The molecule has 0 aliphatic rings. The van der Waals surface area contributed by atoms with Crippen LogP contribution in [0.1, 0.15) is 17.2 Å². The Labute approximate surface area is 144 Å². The lowest BCUT2D eigenvalue weighted by molar-refractivity contribution is -0.134. The Kier molecular flexibility index (Phi) is 6.38. The molecule has 0 saturated heterocycles. The second-order valence-electron chi connectivity index (χ2n) is 6.14. The molecule has 0 heterocycles. The highest BCUT2D eigenvalue weighted by molar-refractivity contribution is 5.82. The molecule has 0 unspecified atom stereocenters. The summed E-state index contributed by atoms with van der Waals surface area (Å²) in [5, 5.41) is 0. The van der Waals surface area contributed by atoms with Gasteiger partial charge >= 0.3 is 0 Å². The van der Waals surface area contributed by atoms with Crippen LogP contribution in [0.3, 0.4) is 0 Å². The van der Waals surface area contributed by atoms with Gasteiger partial charge in [-0.15, -0.1) is 0 Å². The molecule has 1 amide bonds.